The molecule has 0 heterocycles. The van der Waals surface area contributed by atoms with E-state index in [1.165, 1.54) is 13.8 Å². The van der Waals surface area contributed by atoms with Gasteiger partial charge in [0, 0.05) is 5.56 Å². The first-order valence-electron chi connectivity index (χ1n) is 10.6. The molecule has 5 atom stereocenters. The third-order valence-electron chi connectivity index (χ3n) is 5.33. The van der Waals surface area contributed by atoms with Gasteiger partial charge in [0.15, 0.2) is 24.7 Å². The van der Waals surface area contributed by atoms with Crippen molar-refractivity contribution in [3.05, 3.63) is 35.9 Å². The van der Waals surface area contributed by atoms with Crippen molar-refractivity contribution in [3.63, 3.8) is 0 Å². The van der Waals surface area contributed by atoms with Crippen molar-refractivity contribution in [1.29, 1.82) is 0 Å². The first-order chi connectivity index (χ1) is 17.8. The Kier molecular flexibility index (Phi) is 10.5. The molecule has 0 radical (unpaired) electrons. The summed E-state index contributed by atoms with van der Waals surface area (Å²) >= 11 is 0. The molecule has 0 aliphatic rings. The fourth-order valence-corrected chi connectivity index (χ4v) is 3.08. The van der Waals surface area contributed by atoms with Crippen LogP contribution in [0.1, 0.15) is 31.1 Å². The smallest absolute Gasteiger partial charge is 0.384 e. The summed E-state index contributed by atoms with van der Waals surface area (Å²) < 4.78 is 238. The molecule has 1 aromatic carbocycles. The maximum Gasteiger partial charge on any atom is 0.384 e. The molecule has 0 aliphatic carbocycles. The van der Waals surface area contributed by atoms with Crippen LogP contribution in [0.5, 0.6) is 5.75 Å². The number of benzene rings is 1. The molecular formula is C22H19F17O. The summed E-state index contributed by atoms with van der Waals surface area (Å²) in [7, 11) is 0. The zero-order valence-electron chi connectivity index (χ0n) is 19.9. The monoisotopic (exact) mass is 622 g/mol. The van der Waals surface area contributed by atoms with Crippen molar-refractivity contribution >= 4 is 6.08 Å². The van der Waals surface area contributed by atoms with Gasteiger partial charge in [0.05, 0.1) is 6.10 Å². The summed E-state index contributed by atoms with van der Waals surface area (Å²) in [6.07, 6.45) is -29.1. The van der Waals surface area contributed by atoms with E-state index in [1.807, 2.05) is 0 Å². The maximum absolute atomic E-state index is 14.5. The quantitative estimate of drug-likeness (QED) is 0.188. The van der Waals surface area contributed by atoms with Gasteiger partial charge in [0.25, 0.3) is 6.43 Å². The Morgan fingerprint density at radius 1 is 0.675 bits per heavy atom. The van der Waals surface area contributed by atoms with Crippen LogP contribution in [0.4, 0.5) is 74.6 Å². The Morgan fingerprint density at radius 3 is 1.57 bits per heavy atom. The minimum atomic E-state index is -8.13. The van der Waals surface area contributed by atoms with Crippen molar-refractivity contribution in [1.82, 2.24) is 0 Å². The molecular weight excluding hydrogens is 603 g/mol. The summed E-state index contributed by atoms with van der Waals surface area (Å²) in [6, 6.07) is 1.20. The standard InChI is InChI=1S/C22H19F17O/c1-4-9-7-10(5-6-11(9)40-8(2)3)15(26)18(30,31)20(34,35)22(38,39)21(36,37)19(32,33)16(27)13(24)12(23)14(25)17(28)29/h4-8,12-17H,1H2,2-3H3. The van der Waals surface area contributed by atoms with Crippen molar-refractivity contribution in [2.45, 2.75) is 86.8 Å². The highest BCUT2D eigenvalue weighted by Crippen LogP contribution is 2.61. The maximum atomic E-state index is 14.5. The second kappa shape index (κ2) is 11.8. The molecule has 1 rings (SSSR count). The van der Waals surface area contributed by atoms with Gasteiger partial charge in [0.1, 0.15) is 5.75 Å². The molecule has 5 unspecified atom stereocenters. The number of hydrogen-bond donors (Lipinski definition) is 0. The number of ether oxygens (including phenoxy) is 1. The first-order valence-corrected chi connectivity index (χ1v) is 10.6. The van der Waals surface area contributed by atoms with Gasteiger partial charge >= 0.3 is 29.6 Å². The lowest BCUT2D eigenvalue weighted by molar-refractivity contribution is -0.415. The van der Waals surface area contributed by atoms with Crippen molar-refractivity contribution in [2.24, 2.45) is 0 Å². The summed E-state index contributed by atoms with van der Waals surface area (Å²) in [5.41, 5.74) is -2.00. The number of hydrogen-bond acceptors (Lipinski definition) is 1. The zero-order valence-corrected chi connectivity index (χ0v) is 19.9. The van der Waals surface area contributed by atoms with Crippen LogP contribution in [0.2, 0.25) is 0 Å². The van der Waals surface area contributed by atoms with Gasteiger partial charge in [0.2, 0.25) is 6.17 Å². The highest BCUT2D eigenvalue weighted by Gasteiger charge is 2.89. The molecule has 0 N–H and O–H groups in total. The SMILES string of the molecule is C=Cc1cc(C(F)C(F)(F)C(F)(F)C(F)(F)C(F)(F)C(F)(F)C(F)C(F)C(F)C(F)C(F)F)ccc1OC(C)C. The van der Waals surface area contributed by atoms with Gasteiger partial charge in [-0.05, 0) is 31.5 Å². The average molecular weight is 622 g/mol. The second-order valence-corrected chi connectivity index (χ2v) is 8.57. The van der Waals surface area contributed by atoms with E-state index >= 15 is 0 Å². The Bertz CT molecular complexity index is 1010. The summed E-state index contributed by atoms with van der Waals surface area (Å²) in [5.74, 6) is -38.8. The normalized spacial score (nSPS) is 17.9. The predicted octanol–water partition coefficient (Wildman–Crippen LogP) is 8.92. The molecule has 1 nitrogen and oxygen atoms in total. The molecule has 0 aromatic heterocycles. The van der Waals surface area contributed by atoms with E-state index in [2.05, 4.69) is 6.58 Å². The van der Waals surface area contributed by atoms with Crippen LogP contribution in [0.15, 0.2) is 24.8 Å². The summed E-state index contributed by atoms with van der Waals surface area (Å²) in [5, 5.41) is 0. The molecule has 40 heavy (non-hydrogen) atoms. The second-order valence-electron chi connectivity index (χ2n) is 8.57. The van der Waals surface area contributed by atoms with Gasteiger partial charge < -0.3 is 4.74 Å². The Hall–Kier alpha value is -2.43. The number of halogens is 17. The minimum Gasteiger partial charge on any atom is -0.490 e. The van der Waals surface area contributed by atoms with E-state index in [-0.39, 0.29) is 17.9 Å². The highest BCUT2D eigenvalue weighted by molar-refractivity contribution is 5.57. The van der Waals surface area contributed by atoms with E-state index in [1.54, 1.807) is 0 Å². The highest BCUT2D eigenvalue weighted by atomic mass is 19.4. The molecule has 0 saturated carbocycles. The van der Waals surface area contributed by atoms with Gasteiger partial charge in [-0.2, -0.15) is 43.9 Å². The largest absolute Gasteiger partial charge is 0.490 e. The molecule has 0 amide bonds. The number of rotatable bonds is 14. The lowest BCUT2D eigenvalue weighted by atomic mass is 9.87. The van der Waals surface area contributed by atoms with Gasteiger partial charge in [-0.3, -0.25) is 0 Å². The lowest BCUT2D eigenvalue weighted by Crippen LogP contribution is -2.70. The molecule has 232 valence electrons. The third kappa shape index (κ3) is 5.94. The van der Waals surface area contributed by atoms with Crippen LogP contribution in [-0.2, 0) is 0 Å². The Morgan fingerprint density at radius 2 is 1.15 bits per heavy atom. The first kappa shape index (κ1) is 35.6. The van der Waals surface area contributed by atoms with Crippen LogP contribution in [-0.4, -0.2) is 66.8 Å². The summed E-state index contributed by atoms with van der Waals surface area (Å²) in [4.78, 5) is 0. The van der Waals surface area contributed by atoms with Crippen LogP contribution < -0.4 is 4.74 Å². The predicted molar refractivity (Wildman–Crippen MR) is 106 cm³/mol. The van der Waals surface area contributed by atoms with Gasteiger partial charge in [-0.15, -0.1) is 0 Å². The average Bonchev–Trinajstić information content (AvgIpc) is 2.85. The van der Waals surface area contributed by atoms with Crippen LogP contribution in [0.25, 0.3) is 6.08 Å². The Labute approximate surface area is 215 Å². The van der Waals surface area contributed by atoms with Crippen molar-refractivity contribution in [3.8, 4) is 5.75 Å². The van der Waals surface area contributed by atoms with Crippen LogP contribution in [0, 0.1) is 0 Å². The van der Waals surface area contributed by atoms with Crippen LogP contribution in [0.3, 0.4) is 0 Å². The van der Waals surface area contributed by atoms with Gasteiger partial charge in [-0.1, -0.05) is 18.7 Å². The third-order valence-corrected chi connectivity index (χ3v) is 5.33. The minimum absolute atomic E-state index is 0.226. The topological polar surface area (TPSA) is 9.23 Å². The fraction of sp³-hybridized carbons (Fsp3) is 0.636. The van der Waals surface area contributed by atoms with E-state index in [0.29, 0.717) is 6.07 Å². The molecule has 0 fully saturated rings. The molecule has 0 bridgehead atoms. The Balaban J connectivity index is 3.52. The zero-order chi connectivity index (χ0) is 31.8. The molecule has 18 heteroatoms. The molecule has 0 aliphatic heterocycles. The summed E-state index contributed by atoms with van der Waals surface area (Å²) in [6.45, 7) is 6.06. The fourth-order valence-electron chi connectivity index (χ4n) is 3.08. The van der Waals surface area contributed by atoms with Gasteiger partial charge in [-0.25, -0.2) is 30.7 Å². The van der Waals surface area contributed by atoms with Crippen molar-refractivity contribution in [2.75, 3.05) is 0 Å². The van der Waals surface area contributed by atoms with Crippen LogP contribution >= 0.6 is 0 Å². The molecule has 1 aromatic rings. The van der Waals surface area contributed by atoms with Crippen molar-refractivity contribution < 1.29 is 79.4 Å². The number of alkyl halides is 17. The molecule has 0 spiro atoms. The van der Waals surface area contributed by atoms with E-state index < -0.39 is 84.1 Å². The molecule has 0 saturated heterocycles. The van der Waals surface area contributed by atoms with E-state index in [4.69, 9.17) is 4.74 Å². The lowest BCUT2D eigenvalue weighted by Gasteiger charge is -2.41. The van der Waals surface area contributed by atoms with E-state index in [9.17, 15) is 74.6 Å². The van der Waals surface area contributed by atoms with E-state index in [0.717, 1.165) is 6.08 Å².